The minimum atomic E-state index is -3.85. The highest BCUT2D eigenvalue weighted by atomic mass is 32.2. The van der Waals surface area contributed by atoms with Crippen LogP contribution >= 0.6 is 0 Å². The van der Waals surface area contributed by atoms with Crippen molar-refractivity contribution < 1.29 is 13.3 Å². The SMILES string of the molecule is CN(C)c1ccc(C#CCNS(=O)(=O)c2cccc([N+](=O)[O-])c2)cc1. The summed E-state index contributed by atoms with van der Waals surface area (Å²) >= 11 is 0. The van der Waals surface area contributed by atoms with Gasteiger partial charge in [0.1, 0.15) is 0 Å². The summed E-state index contributed by atoms with van der Waals surface area (Å²) in [6.07, 6.45) is 0. The highest BCUT2D eigenvalue weighted by Crippen LogP contribution is 2.17. The Hall–Kier alpha value is -2.89. The number of hydrogen-bond acceptors (Lipinski definition) is 5. The lowest BCUT2D eigenvalue weighted by Crippen LogP contribution is -2.24. The van der Waals surface area contributed by atoms with Crippen LogP contribution in [0.2, 0.25) is 0 Å². The Morgan fingerprint density at radius 2 is 1.84 bits per heavy atom. The molecule has 2 aromatic carbocycles. The number of nitrogens with zero attached hydrogens (tertiary/aromatic N) is 2. The number of anilines is 1. The van der Waals surface area contributed by atoms with Crippen molar-refractivity contribution in [3.8, 4) is 11.8 Å². The number of hydrogen-bond donors (Lipinski definition) is 1. The molecular formula is C17H17N3O4S. The molecule has 0 spiro atoms. The number of rotatable bonds is 5. The van der Waals surface area contributed by atoms with Crippen LogP contribution in [0.4, 0.5) is 11.4 Å². The van der Waals surface area contributed by atoms with E-state index in [9.17, 15) is 18.5 Å². The lowest BCUT2D eigenvalue weighted by Gasteiger charge is -2.11. The molecule has 0 amide bonds. The van der Waals surface area contributed by atoms with Crippen LogP contribution in [0.3, 0.4) is 0 Å². The van der Waals surface area contributed by atoms with Gasteiger partial charge in [0, 0.05) is 37.5 Å². The minimum absolute atomic E-state index is 0.0968. The van der Waals surface area contributed by atoms with Gasteiger partial charge >= 0.3 is 0 Å². The van der Waals surface area contributed by atoms with Crippen LogP contribution in [0.5, 0.6) is 0 Å². The third-order valence-corrected chi connectivity index (χ3v) is 4.70. The summed E-state index contributed by atoms with van der Waals surface area (Å²) in [6, 6.07) is 12.4. The molecule has 2 aromatic rings. The van der Waals surface area contributed by atoms with E-state index < -0.39 is 14.9 Å². The summed E-state index contributed by atoms with van der Waals surface area (Å²) in [4.78, 5) is 11.9. The van der Waals surface area contributed by atoms with E-state index in [-0.39, 0.29) is 17.1 Å². The van der Waals surface area contributed by atoms with E-state index in [0.29, 0.717) is 0 Å². The third-order valence-electron chi connectivity index (χ3n) is 3.31. The molecule has 0 radical (unpaired) electrons. The van der Waals surface area contributed by atoms with Gasteiger partial charge in [0.05, 0.1) is 16.4 Å². The van der Waals surface area contributed by atoms with Gasteiger partial charge in [0.15, 0.2) is 0 Å². The van der Waals surface area contributed by atoms with Crippen LogP contribution in [0.1, 0.15) is 5.56 Å². The second-order valence-corrected chi connectivity index (χ2v) is 7.09. The zero-order valence-corrected chi connectivity index (χ0v) is 14.6. The standard InChI is InChI=1S/C17H17N3O4S/c1-19(2)15-10-8-14(9-11-15)5-4-12-18-25(23,24)17-7-3-6-16(13-17)20(21)22/h3,6-11,13,18H,12H2,1-2H3. The first-order valence-electron chi connectivity index (χ1n) is 7.30. The summed E-state index contributed by atoms with van der Waals surface area (Å²) in [6.45, 7) is -0.0968. The smallest absolute Gasteiger partial charge is 0.270 e. The van der Waals surface area contributed by atoms with Gasteiger partial charge in [0.2, 0.25) is 10.0 Å². The summed E-state index contributed by atoms with van der Waals surface area (Å²) in [5.41, 5.74) is 1.52. The molecule has 7 nitrogen and oxygen atoms in total. The van der Waals surface area contributed by atoms with E-state index in [2.05, 4.69) is 16.6 Å². The molecule has 130 valence electrons. The van der Waals surface area contributed by atoms with Gasteiger partial charge < -0.3 is 4.90 Å². The highest BCUT2D eigenvalue weighted by Gasteiger charge is 2.16. The van der Waals surface area contributed by atoms with Crippen molar-refractivity contribution in [1.82, 2.24) is 4.72 Å². The fourth-order valence-corrected chi connectivity index (χ4v) is 2.93. The van der Waals surface area contributed by atoms with E-state index in [1.807, 2.05) is 43.3 Å². The first-order chi connectivity index (χ1) is 11.8. The lowest BCUT2D eigenvalue weighted by atomic mass is 10.2. The molecule has 25 heavy (non-hydrogen) atoms. The van der Waals surface area contributed by atoms with Gasteiger partial charge in [-0.05, 0) is 30.3 Å². The van der Waals surface area contributed by atoms with E-state index in [1.54, 1.807) is 0 Å². The zero-order valence-electron chi connectivity index (χ0n) is 13.8. The predicted octanol–water partition coefficient (Wildman–Crippen LogP) is 1.99. The predicted molar refractivity (Wildman–Crippen MR) is 95.9 cm³/mol. The van der Waals surface area contributed by atoms with Crippen molar-refractivity contribution >= 4 is 21.4 Å². The van der Waals surface area contributed by atoms with E-state index in [4.69, 9.17) is 0 Å². The van der Waals surface area contributed by atoms with E-state index >= 15 is 0 Å². The second kappa shape index (κ2) is 7.79. The molecule has 0 saturated heterocycles. The fourth-order valence-electron chi connectivity index (χ4n) is 1.97. The molecule has 0 aliphatic heterocycles. The number of nitro groups is 1. The van der Waals surface area contributed by atoms with Gasteiger partial charge in [-0.2, -0.15) is 4.72 Å². The van der Waals surface area contributed by atoms with Crippen LogP contribution in [0.25, 0.3) is 0 Å². The monoisotopic (exact) mass is 359 g/mol. The number of sulfonamides is 1. The molecule has 0 atom stereocenters. The summed E-state index contributed by atoms with van der Waals surface area (Å²) in [5.74, 6) is 5.59. The third kappa shape index (κ3) is 5.04. The topological polar surface area (TPSA) is 92.6 Å². The quantitative estimate of drug-likeness (QED) is 0.501. The summed E-state index contributed by atoms with van der Waals surface area (Å²) in [5, 5.41) is 10.7. The second-order valence-electron chi connectivity index (χ2n) is 5.32. The van der Waals surface area contributed by atoms with E-state index in [1.165, 1.54) is 18.2 Å². The Bertz CT molecular complexity index is 926. The van der Waals surface area contributed by atoms with Gasteiger partial charge in [-0.25, -0.2) is 8.42 Å². The van der Waals surface area contributed by atoms with E-state index in [0.717, 1.165) is 17.3 Å². The maximum absolute atomic E-state index is 12.1. The molecule has 2 rings (SSSR count). The number of non-ortho nitro benzene ring substituents is 1. The van der Waals surface area contributed by atoms with Crippen LogP contribution in [0, 0.1) is 22.0 Å². The maximum Gasteiger partial charge on any atom is 0.270 e. The van der Waals surface area contributed by atoms with Crippen LogP contribution < -0.4 is 9.62 Å². The molecule has 0 saturated carbocycles. The van der Waals surface area contributed by atoms with Crippen molar-refractivity contribution in [1.29, 1.82) is 0 Å². The highest BCUT2D eigenvalue weighted by molar-refractivity contribution is 7.89. The Morgan fingerprint density at radius 3 is 2.44 bits per heavy atom. The van der Waals surface area contributed by atoms with Crippen LogP contribution in [-0.4, -0.2) is 34.0 Å². The Kier molecular flexibility index (Phi) is 5.75. The largest absolute Gasteiger partial charge is 0.378 e. The molecular weight excluding hydrogens is 342 g/mol. The number of benzene rings is 2. The Morgan fingerprint density at radius 1 is 1.16 bits per heavy atom. The lowest BCUT2D eigenvalue weighted by molar-refractivity contribution is -0.385. The normalized spacial score (nSPS) is 10.6. The van der Waals surface area contributed by atoms with Crippen molar-refractivity contribution in [2.24, 2.45) is 0 Å². The Balaban J connectivity index is 2.03. The van der Waals surface area contributed by atoms with Gasteiger partial charge in [0.25, 0.3) is 5.69 Å². The molecule has 1 N–H and O–H groups in total. The first-order valence-corrected chi connectivity index (χ1v) is 8.78. The van der Waals surface area contributed by atoms with Gasteiger partial charge in [-0.1, -0.05) is 17.9 Å². The average molecular weight is 359 g/mol. The van der Waals surface area contributed by atoms with Crippen molar-refractivity contribution in [3.63, 3.8) is 0 Å². The summed E-state index contributed by atoms with van der Waals surface area (Å²) < 4.78 is 26.6. The van der Waals surface area contributed by atoms with Gasteiger partial charge in [-0.15, -0.1) is 0 Å². The molecule has 0 aliphatic carbocycles. The first kappa shape index (κ1) is 18.4. The average Bonchev–Trinajstić information content (AvgIpc) is 2.59. The number of nitro benzene ring substituents is 1. The molecule has 0 heterocycles. The van der Waals surface area contributed by atoms with Gasteiger partial charge in [-0.3, -0.25) is 10.1 Å². The fraction of sp³-hybridized carbons (Fsp3) is 0.176. The molecule has 0 aliphatic rings. The van der Waals surface area contributed by atoms with Crippen LogP contribution in [0.15, 0.2) is 53.4 Å². The molecule has 0 fully saturated rings. The summed E-state index contributed by atoms with van der Waals surface area (Å²) in [7, 11) is 0.0155. The minimum Gasteiger partial charge on any atom is -0.378 e. The van der Waals surface area contributed by atoms with Crippen molar-refractivity contribution in [2.75, 3.05) is 25.5 Å². The van der Waals surface area contributed by atoms with Crippen molar-refractivity contribution in [3.05, 3.63) is 64.2 Å². The Labute approximate surface area is 146 Å². The molecule has 0 bridgehead atoms. The van der Waals surface area contributed by atoms with Crippen LogP contribution in [-0.2, 0) is 10.0 Å². The molecule has 8 heteroatoms. The molecule has 0 aromatic heterocycles. The number of nitrogens with one attached hydrogen (secondary N) is 1. The van der Waals surface area contributed by atoms with Crippen molar-refractivity contribution in [2.45, 2.75) is 4.90 Å². The molecule has 0 unspecified atom stereocenters. The zero-order chi connectivity index (χ0) is 18.4. The maximum atomic E-state index is 12.1.